The minimum Gasteiger partial charge on any atom is -0.349 e. The summed E-state index contributed by atoms with van der Waals surface area (Å²) < 4.78 is 0. The molecule has 0 bridgehead atoms. The fraction of sp³-hybridized carbons (Fsp3) is 0.467. The highest BCUT2D eigenvalue weighted by atomic mass is 35.5. The molecule has 106 valence electrons. The monoisotopic (exact) mass is 291 g/mol. The van der Waals surface area contributed by atoms with Crippen molar-refractivity contribution in [3.8, 4) is 6.07 Å². The van der Waals surface area contributed by atoms with Crippen LogP contribution in [0.5, 0.6) is 0 Å². The van der Waals surface area contributed by atoms with Gasteiger partial charge in [0, 0.05) is 29.7 Å². The van der Waals surface area contributed by atoms with E-state index in [2.05, 4.69) is 16.3 Å². The lowest BCUT2D eigenvalue weighted by molar-refractivity contribution is 0.0914. The van der Waals surface area contributed by atoms with Crippen molar-refractivity contribution >= 4 is 17.5 Å². The zero-order valence-electron chi connectivity index (χ0n) is 11.5. The summed E-state index contributed by atoms with van der Waals surface area (Å²) in [6, 6.07) is 7.68. The Morgan fingerprint density at radius 1 is 1.50 bits per heavy atom. The molecule has 1 fully saturated rings. The van der Waals surface area contributed by atoms with Crippen molar-refractivity contribution in [2.45, 2.75) is 25.8 Å². The lowest BCUT2D eigenvalue weighted by Gasteiger charge is -2.30. The Morgan fingerprint density at radius 3 is 2.85 bits per heavy atom. The van der Waals surface area contributed by atoms with Gasteiger partial charge in [-0.05, 0) is 37.5 Å². The highest BCUT2D eigenvalue weighted by Gasteiger charge is 2.21. The molecule has 1 heterocycles. The predicted octanol–water partition coefficient (Wildman–Crippen LogP) is 2.37. The standard InChI is InChI=1S/C15H18ClN3O/c1-11-2-3-12(16)10-14(11)15(20)18-13-4-7-19(8-5-13)9-6-17/h2-3,10,13H,4-5,7-9H2,1H3,(H,18,20). The molecule has 0 atom stereocenters. The molecule has 1 N–H and O–H groups in total. The van der Waals surface area contributed by atoms with Crippen LogP contribution in [0, 0.1) is 18.3 Å². The van der Waals surface area contributed by atoms with Gasteiger partial charge in [-0.1, -0.05) is 17.7 Å². The number of nitrogens with zero attached hydrogens (tertiary/aromatic N) is 2. The number of halogens is 1. The van der Waals surface area contributed by atoms with Crippen LogP contribution in [-0.2, 0) is 0 Å². The van der Waals surface area contributed by atoms with Crippen LogP contribution in [0.15, 0.2) is 18.2 Å². The second kappa shape index (κ2) is 6.74. The summed E-state index contributed by atoms with van der Waals surface area (Å²) in [5, 5.41) is 12.3. The zero-order chi connectivity index (χ0) is 14.5. The molecule has 1 amide bonds. The van der Waals surface area contributed by atoms with Gasteiger partial charge in [0.05, 0.1) is 12.6 Å². The van der Waals surface area contributed by atoms with Crippen LogP contribution in [0.2, 0.25) is 5.02 Å². The lowest BCUT2D eigenvalue weighted by Crippen LogP contribution is -2.44. The molecule has 1 aromatic rings. The minimum absolute atomic E-state index is 0.0660. The maximum absolute atomic E-state index is 12.3. The molecule has 0 aromatic heterocycles. The second-order valence-corrected chi connectivity index (χ2v) is 5.58. The van der Waals surface area contributed by atoms with Gasteiger partial charge in [-0.3, -0.25) is 9.69 Å². The number of carbonyl (C=O) groups is 1. The molecule has 20 heavy (non-hydrogen) atoms. The first-order chi connectivity index (χ1) is 9.60. The molecule has 1 aliphatic heterocycles. The molecular weight excluding hydrogens is 274 g/mol. The van der Waals surface area contributed by atoms with Crippen molar-refractivity contribution in [1.82, 2.24) is 10.2 Å². The Bertz CT molecular complexity index is 530. The maximum Gasteiger partial charge on any atom is 0.251 e. The molecule has 0 aliphatic carbocycles. The molecule has 1 saturated heterocycles. The van der Waals surface area contributed by atoms with E-state index in [0.29, 0.717) is 17.1 Å². The van der Waals surface area contributed by atoms with Gasteiger partial charge in [0.1, 0.15) is 0 Å². The highest BCUT2D eigenvalue weighted by molar-refractivity contribution is 6.31. The SMILES string of the molecule is Cc1ccc(Cl)cc1C(=O)NC1CCN(CC#N)CC1. The normalized spacial score (nSPS) is 16.6. The van der Waals surface area contributed by atoms with Gasteiger partial charge in [0.15, 0.2) is 0 Å². The van der Waals surface area contributed by atoms with Gasteiger partial charge in [-0.15, -0.1) is 0 Å². The first-order valence-electron chi connectivity index (χ1n) is 6.76. The quantitative estimate of drug-likeness (QED) is 0.870. The molecule has 1 aliphatic rings. The van der Waals surface area contributed by atoms with E-state index in [-0.39, 0.29) is 11.9 Å². The van der Waals surface area contributed by atoms with Gasteiger partial charge in [0.2, 0.25) is 0 Å². The number of hydrogen-bond donors (Lipinski definition) is 1. The number of nitrogens with one attached hydrogen (secondary N) is 1. The van der Waals surface area contributed by atoms with Gasteiger partial charge in [0.25, 0.3) is 5.91 Å². The van der Waals surface area contributed by atoms with Crippen molar-refractivity contribution in [3.05, 3.63) is 34.3 Å². The fourth-order valence-corrected chi connectivity index (χ4v) is 2.61. The van der Waals surface area contributed by atoms with Crippen LogP contribution < -0.4 is 5.32 Å². The molecule has 0 saturated carbocycles. The van der Waals surface area contributed by atoms with Crippen molar-refractivity contribution < 1.29 is 4.79 Å². The minimum atomic E-state index is -0.0660. The Morgan fingerprint density at radius 2 is 2.20 bits per heavy atom. The molecule has 2 rings (SSSR count). The average Bonchev–Trinajstić information content (AvgIpc) is 2.44. The van der Waals surface area contributed by atoms with Crippen molar-refractivity contribution in [2.75, 3.05) is 19.6 Å². The molecule has 0 spiro atoms. The summed E-state index contributed by atoms with van der Waals surface area (Å²) in [6.45, 7) is 4.08. The number of piperidine rings is 1. The molecule has 0 radical (unpaired) electrons. The highest BCUT2D eigenvalue weighted by Crippen LogP contribution is 2.16. The van der Waals surface area contributed by atoms with Crippen LogP contribution >= 0.6 is 11.6 Å². The van der Waals surface area contributed by atoms with E-state index in [0.717, 1.165) is 31.5 Å². The summed E-state index contributed by atoms with van der Waals surface area (Å²) in [7, 11) is 0. The Kier molecular flexibility index (Phi) is 4.99. The van der Waals surface area contributed by atoms with Crippen LogP contribution in [0.25, 0.3) is 0 Å². The van der Waals surface area contributed by atoms with Crippen molar-refractivity contribution in [2.24, 2.45) is 0 Å². The van der Waals surface area contributed by atoms with Crippen LogP contribution in [0.4, 0.5) is 0 Å². The third-order valence-electron chi connectivity index (χ3n) is 3.66. The second-order valence-electron chi connectivity index (χ2n) is 5.14. The van der Waals surface area contributed by atoms with Crippen molar-refractivity contribution in [3.63, 3.8) is 0 Å². The number of benzene rings is 1. The van der Waals surface area contributed by atoms with E-state index in [1.807, 2.05) is 13.0 Å². The number of carbonyl (C=O) groups excluding carboxylic acids is 1. The summed E-state index contributed by atoms with van der Waals surface area (Å²) >= 11 is 5.94. The number of nitriles is 1. The van der Waals surface area contributed by atoms with E-state index in [1.54, 1.807) is 12.1 Å². The largest absolute Gasteiger partial charge is 0.349 e. The van der Waals surface area contributed by atoms with Crippen LogP contribution in [0.1, 0.15) is 28.8 Å². The molecule has 4 nitrogen and oxygen atoms in total. The van der Waals surface area contributed by atoms with Crippen molar-refractivity contribution in [1.29, 1.82) is 5.26 Å². The molecule has 1 aromatic carbocycles. The van der Waals surface area contributed by atoms with E-state index in [1.165, 1.54) is 0 Å². The van der Waals surface area contributed by atoms with Gasteiger partial charge < -0.3 is 5.32 Å². The third kappa shape index (κ3) is 3.72. The summed E-state index contributed by atoms with van der Waals surface area (Å²) in [5.41, 5.74) is 1.56. The number of amides is 1. The number of aryl methyl sites for hydroxylation is 1. The third-order valence-corrected chi connectivity index (χ3v) is 3.90. The summed E-state index contributed by atoms with van der Waals surface area (Å²) in [5.74, 6) is -0.0660. The predicted molar refractivity (Wildman–Crippen MR) is 78.7 cm³/mol. The van der Waals surface area contributed by atoms with Gasteiger partial charge in [-0.25, -0.2) is 0 Å². The smallest absolute Gasteiger partial charge is 0.251 e. The van der Waals surface area contributed by atoms with Gasteiger partial charge in [-0.2, -0.15) is 5.26 Å². The number of hydrogen-bond acceptors (Lipinski definition) is 3. The maximum atomic E-state index is 12.3. The Hall–Kier alpha value is -1.57. The van der Waals surface area contributed by atoms with E-state index >= 15 is 0 Å². The lowest BCUT2D eigenvalue weighted by atomic mass is 10.0. The topological polar surface area (TPSA) is 56.1 Å². The molecule has 5 heteroatoms. The summed E-state index contributed by atoms with van der Waals surface area (Å²) in [6.07, 6.45) is 1.76. The number of rotatable bonds is 3. The van der Waals surface area contributed by atoms with Crippen LogP contribution in [-0.4, -0.2) is 36.5 Å². The molecule has 0 unspecified atom stereocenters. The Labute approximate surface area is 124 Å². The van der Waals surface area contributed by atoms with E-state index in [9.17, 15) is 4.79 Å². The van der Waals surface area contributed by atoms with Gasteiger partial charge >= 0.3 is 0 Å². The first-order valence-corrected chi connectivity index (χ1v) is 7.14. The summed E-state index contributed by atoms with van der Waals surface area (Å²) in [4.78, 5) is 14.4. The number of likely N-dealkylation sites (tertiary alicyclic amines) is 1. The molecular formula is C15H18ClN3O. The Balaban J connectivity index is 1.93. The van der Waals surface area contributed by atoms with E-state index < -0.39 is 0 Å². The first kappa shape index (κ1) is 14.8. The fourth-order valence-electron chi connectivity index (χ4n) is 2.44. The van der Waals surface area contributed by atoms with Crippen LogP contribution in [0.3, 0.4) is 0 Å². The average molecular weight is 292 g/mol. The zero-order valence-corrected chi connectivity index (χ0v) is 12.3. The van der Waals surface area contributed by atoms with E-state index in [4.69, 9.17) is 16.9 Å².